The van der Waals surface area contributed by atoms with E-state index in [0.29, 0.717) is 11.5 Å². The van der Waals surface area contributed by atoms with E-state index < -0.39 is 0 Å². The first-order valence-corrected chi connectivity index (χ1v) is 3.17. The summed E-state index contributed by atoms with van der Waals surface area (Å²) in [6.07, 6.45) is 1.10. The second kappa shape index (κ2) is 4.13. The predicted molar refractivity (Wildman–Crippen MR) is 45.0 cm³/mol. The number of hydrogen-bond acceptors (Lipinski definition) is 1. The first kappa shape index (κ1) is 12.0. The first-order valence-electron chi connectivity index (χ1n) is 3.17. The monoisotopic (exact) mass is 151 g/mol. The van der Waals surface area contributed by atoms with Gasteiger partial charge in [-0.25, -0.2) is 0 Å². The Morgan fingerprint density at radius 2 is 1.67 bits per heavy atom. The molecule has 0 aromatic rings. The molecule has 9 heavy (non-hydrogen) atoms. The molecule has 0 aliphatic rings. The maximum absolute atomic E-state index is 5.58. The lowest BCUT2D eigenvalue weighted by Gasteiger charge is -2.19. The van der Waals surface area contributed by atoms with Gasteiger partial charge in [-0.15, -0.1) is 12.4 Å². The van der Waals surface area contributed by atoms with E-state index in [1.54, 1.807) is 0 Å². The lowest BCUT2D eigenvalue weighted by molar-refractivity contribution is 0.349. The van der Waals surface area contributed by atoms with E-state index in [4.69, 9.17) is 5.73 Å². The molecule has 1 atom stereocenters. The van der Waals surface area contributed by atoms with E-state index in [0.717, 1.165) is 6.42 Å². The van der Waals surface area contributed by atoms with Gasteiger partial charge >= 0.3 is 0 Å². The molecule has 0 saturated heterocycles. The number of nitrogens with two attached hydrogens (primary N) is 1. The van der Waals surface area contributed by atoms with Crippen molar-refractivity contribution in [2.24, 2.45) is 11.1 Å². The minimum atomic E-state index is 0. The summed E-state index contributed by atoms with van der Waals surface area (Å²) in [5.41, 5.74) is 5.98. The van der Waals surface area contributed by atoms with Crippen LogP contribution in [0.5, 0.6) is 0 Å². The molecule has 0 amide bonds. The van der Waals surface area contributed by atoms with Gasteiger partial charge in [0.2, 0.25) is 0 Å². The van der Waals surface area contributed by atoms with Gasteiger partial charge in [-0.3, -0.25) is 0 Å². The van der Waals surface area contributed by atoms with Crippen LogP contribution in [0.25, 0.3) is 0 Å². The van der Waals surface area contributed by atoms with Crippen LogP contribution in [0.1, 0.15) is 34.1 Å². The molecule has 0 fully saturated rings. The van der Waals surface area contributed by atoms with Gasteiger partial charge in [0.15, 0.2) is 0 Å². The second-order valence-electron chi connectivity index (χ2n) is 3.74. The van der Waals surface area contributed by atoms with Crippen LogP contribution in [0.15, 0.2) is 0 Å². The maximum atomic E-state index is 5.58. The summed E-state index contributed by atoms with van der Waals surface area (Å²) in [6.45, 7) is 8.66. The van der Waals surface area contributed by atoms with E-state index >= 15 is 0 Å². The van der Waals surface area contributed by atoms with E-state index in [1.807, 2.05) is 6.92 Å². The van der Waals surface area contributed by atoms with Gasteiger partial charge in [-0.05, 0) is 18.8 Å². The first-order chi connectivity index (χ1) is 3.42. The summed E-state index contributed by atoms with van der Waals surface area (Å²) in [4.78, 5) is 0. The SMILES string of the molecule is C[C@@H](N)CC(C)(C)C.Cl. The molecule has 0 bridgehead atoms. The molecule has 58 valence electrons. The molecule has 0 rings (SSSR count). The average molecular weight is 152 g/mol. The minimum Gasteiger partial charge on any atom is -0.328 e. The summed E-state index contributed by atoms with van der Waals surface area (Å²) in [7, 11) is 0. The normalized spacial score (nSPS) is 14.3. The third-order valence-electron chi connectivity index (χ3n) is 0.934. The van der Waals surface area contributed by atoms with Crippen molar-refractivity contribution in [2.45, 2.75) is 40.2 Å². The van der Waals surface area contributed by atoms with Gasteiger partial charge in [-0.1, -0.05) is 20.8 Å². The zero-order valence-electron chi connectivity index (χ0n) is 6.77. The summed E-state index contributed by atoms with van der Waals surface area (Å²) in [5.74, 6) is 0. The van der Waals surface area contributed by atoms with Gasteiger partial charge in [0.05, 0.1) is 0 Å². The van der Waals surface area contributed by atoms with Gasteiger partial charge < -0.3 is 5.73 Å². The summed E-state index contributed by atoms with van der Waals surface area (Å²) >= 11 is 0. The molecule has 0 aliphatic heterocycles. The van der Waals surface area contributed by atoms with Gasteiger partial charge in [0.1, 0.15) is 0 Å². The van der Waals surface area contributed by atoms with E-state index in [9.17, 15) is 0 Å². The number of halogens is 1. The van der Waals surface area contributed by atoms with Crippen molar-refractivity contribution in [2.75, 3.05) is 0 Å². The highest BCUT2D eigenvalue weighted by molar-refractivity contribution is 5.85. The maximum Gasteiger partial charge on any atom is 0.00154 e. The third-order valence-corrected chi connectivity index (χ3v) is 0.934. The van der Waals surface area contributed by atoms with E-state index in [-0.39, 0.29) is 12.4 Å². The molecule has 2 heteroatoms. The molecule has 0 aromatic carbocycles. The molecule has 0 spiro atoms. The third kappa shape index (κ3) is 11.7. The highest BCUT2D eigenvalue weighted by atomic mass is 35.5. The molecule has 0 aliphatic carbocycles. The Morgan fingerprint density at radius 3 is 1.67 bits per heavy atom. The van der Waals surface area contributed by atoms with Crippen molar-refractivity contribution in [3.05, 3.63) is 0 Å². The van der Waals surface area contributed by atoms with Crippen LogP contribution in [0.4, 0.5) is 0 Å². The standard InChI is InChI=1S/C7H17N.ClH/c1-6(8)5-7(2,3)4;/h6H,5,8H2,1-4H3;1H/t6-;/m1./s1. The quantitative estimate of drug-likeness (QED) is 0.611. The Bertz CT molecular complexity index is 63.8. The number of rotatable bonds is 1. The highest BCUT2D eigenvalue weighted by Gasteiger charge is 2.11. The zero-order chi connectivity index (χ0) is 6.78. The number of hydrogen-bond donors (Lipinski definition) is 1. The molecular weight excluding hydrogens is 134 g/mol. The average Bonchev–Trinajstić information content (AvgIpc) is 1.21. The van der Waals surface area contributed by atoms with Crippen LogP contribution < -0.4 is 5.73 Å². The molecule has 0 radical (unpaired) electrons. The minimum absolute atomic E-state index is 0. The van der Waals surface area contributed by atoms with Crippen LogP contribution in [0, 0.1) is 5.41 Å². The highest BCUT2D eigenvalue weighted by Crippen LogP contribution is 2.19. The molecule has 0 unspecified atom stereocenters. The second-order valence-corrected chi connectivity index (χ2v) is 3.74. The van der Waals surface area contributed by atoms with Crippen molar-refractivity contribution in [1.82, 2.24) is 0 Å². The van der Waals surface area contributed by atoms with Crippen molar-refractivity contribution in [3.63, 3.8) is 0 Å². The Balaban J connectivity index is 0. The Morgan fingerprint density at radius 1 is 1.33 bits per heavy atom. The molecule has 2 N–H and O–H groups in total. The summed E-state index contributed by atoms with van der Waals surface area (Å²) in [6, 6.07) is 0.343. The smallest absolute Gasteiger partial charge is 0.00154 e. The van der Waals surface area contributed by atoms with Gasteiger partial charge in [0.25, 0.3) is 0 Å². The fraction of sp³-hybridized carbons (Fsp3) is 1.00. The lowest BCUT2D eigenvalue weighted by Crippen LogP contribution is -2.22. The zero-order valence-corrected chi connectivity index (χ0v) is 7.59. The van der Waals surface area contributed by atoms with Crippen molar-refractivity contribution in [3.8, 4) is 0 Å². The van der Waals surface area contributed by atoms with Crippen LogP contribution in [0.2, 0.25) is 0 Å². The largest absolute Gasteiger partial charge is 0.328 e. The Labute approximate surface area is 64.4 Å². The molecule has 0 aromatic heterocycles. The van der Waals surface area contributed by atoms with Crippen LogP contribution in [0.3, 0.4) is 0 Å². The van der Waals surface area contributed by atoms with Crippen LogP contribution in [-0.2, 0) is 0 Å². The Hall–Kier alpha value is 0.250. The van der Waals surface area contributed by atoms with Gasteiger partial charge in [0, 0.05) is 6.04 Å². The Kier molecular flexibility index (Phi) is 5.49. The topological polar surface area (TPSA) is 26.0 Å². The predicted octanol–water partition coefficient (Wildman–Crippen LogP) is 2.19. The lowest BCUT2D eigenvalue weighted by atomic mass is 9.89. The molecule has 1 nitrogen and oxygen atoms in total. The van der Waals surface area contributed by atoms with E-state index in [2.05, 4.69) is 20.8 Å². The van der Waals surface area contributed by atoms with Crippen molar-refractivity contribution < 1.29 is 0 Å². The van der Waals surface area contributed by atoms with Gasteiger partial charge in [-0.2, -0.15) is 0 Å². The molecular formula is C7H18ClN. The fourth-order valence-electron chi connectivity index (χ4n) is 0.966. The van der Waals surface area contributed by atoms with Crippen molar-refractivity contribution in [1.29, 1.82) is 0 Å². The van der Waals surface area contributed by atoms with Crippen LogP contribution in [-0.4, -0.2) is 6.04 Å². The summed E-state index contributed by atoms with van der Waals surface area (Å²) in [5, 5.41) is 0. The van der Waals surface area contributed by atoms with Crippen LogP contribution >= 0.6 is 12.4 Å². The van der Waals surface area contributed by atoms with Crippen molar-refractivity contribution >= 4 is 12.4 Å². The molecule has 0 saturated carbocycles. The fourth-order valence-corrected chi connectivity index (χ4v) is 0.966. The summed E-state index contributed by atoms with van der Waals surface area (Å²) < 4.78 is 0. The molecule has 0 heterocycles. The van der Waals surface area contributed by atoms with E-state index in [1.165, 1.54) is 0 Å².